The smallest absolute Gasteiger partial charge is 0.446 e. The minimum atomic E-state index is -4.38. The molecule has 0 aliphatic rings. The van der Waals surface area contributed by atoms with Gasteiger partial charge in [0.2, 0.25) is 5.91 Å². The normalized spacial score (nSPS) is 12.8. The summed E-state index contributed by atoms with van der Waals surface area (Å²) in [6, 6.07) is 4.46. The second kappa shape index (κ2) is 6.65. The Bertz CT molecular complexity index is 472. The molecular weight excluding hydrogens is 295 g/mol. The summed E-state index contributed by atoms with van der Waals surface area (Å²) in [6.45, 7) is 1.24. The van der Waals surface area contributed by atoms with Gasteiger partial charge in [0.05, 0.1) is 12.5 Å². The van der Waals surface area contributed by atoms with Gasteiger partial charge >= 0.3 is 11.5 Å². The first-order valence-electron chi connectivity index (χ1n) is 5.52. The monoisotopic (exact) mass is 307 g/mol. The van der Waals surface area contributed by atoms with E-state index in [0.717, 1.165) is 0 Å². The van der Waals surface area contributed by atoms with Crippen molar-refractivity contribution in [1.29, 1.82) is 0 Å². The van der Waals surface area contributed by atoms with Crippen molar-refractivity contribution >= 4 is 23.6 Å². The van der Waals surface area contributed by atoms with E-state index in [1.165, 1.54) is 31.2 Å². The number of aliphatic carboxylic acids is 1. The zero-order valence-electron chi connectivity index (χ0n) is 10.4. The maximum Gasteiger partial charge on any atom is 0.446 e. The van der Waals surface area contributed by atoms with Crippen molar-refractivity contribution in [2.75, 3.05) is 0 Å². The summed E-state index contributed by atoms with van der Waals surface area (Å²) < 4.78 is 36.5. The molecule has 1 rings (SSSR count). The van der Waals surface area contributed by atoms with Gasteiger partial charge in [-0.3, -0.25) is 9.59 Å². The number of rotatable bonds is 5. The Morgan fingerprint density at radius 3 is 2.25 bits per heavy atom. The van der Waals surface area contributed by atoms with E-state index in [-0.39, 0.29) is 23.1 Å². The molecule has 0 aliphatic carbocycles. The van der Waals surface area contributed by atoms with Gasteiger partial charge in [0, 0.05) is 11.8 Å². The maximum absolute atomic E-state index is 12.2. The number of alkyl halides is 3. The lowest BCUT2D eigenvalue weighted by molar-refractivity contribution is -0.137. The topological polar surface area (TPSA) is 66.4 Å². The molecule has 0 radical (unpaired) electrons. The van der Waals surface area contributed by atoms with E-state index in [4.69, 9.17) is 5.11 Å². The molecule has 0 saturated carbocycles. The zero-order chi connectivity index (χ0) is 15.3. The average Bonchev–Trinajstić information content (AvgIpc) is 2.25. The third-order valence-electron chi connectivity index (χ3n) is 2.27. The van der Waals surface area contributed by atoms with E-state index >= 15 is 0 Å². The van der Waals surface area contributed by atoms with E-state index in [1.807, 2.05) is 0 Å². The Hall–Kier alpha value is -1.70. The Labute approximate surface area is 117 Å². The quantitative estimate of drug-likeness (QED) is 0.821. The Morgan fingerprint density at radius 1 is 1.30 bits per heavy atom. The lowest BCUT2D eigenvalue weighted by Crippen LogP contribution is -2.27. The van der Waals surface area contributed by atoms with Crippen molar-refractivity contribution < 1.29 is 27.9 Å². The number of nitrogens with one attached hydrogen (secondary N) is 1. The van der Waals surface area contributed by atoms with Gasteiger partial charge in [-0.1, -0.05) is 12.1 Å². The van der Waals surface area contributed by atoms with Crippen molar-refractivity contribution in [2.24, 2.45) is 0 Å². The minimum Gasteiger partial charge on any atom is -0.481 e. The Morgan fingerprint density at radius 2 is 1.85 bits per heavy atom. The molecule has 0 spiro atoms. The Balaban J connectivity index is 2.86. The molecule has 8 heteroatoms. The van der Waals surface area contributed by atoms with Crippen molar-refractivity contribution in [2.45, 2.75) is 29.8 Å². The number of thioether (sulfide) groups is 1. The summed E-state index contributed by atoms with van der Waals surface area (Å²) in [5.74, 6) is -1.53. The highest BCUT2D eigenvalue weighted by atomic mass is 32.2. The molecular formula is C12H12F3NO3S. The number of amides is 1. The standard InChI is InChI=1S/C12H12F3NO3S/c1-7(17)16-10(6-11(18)19)8-2-4-9(5-3-8)20-12(13,14)15/h2-5,10H,6H2,1H3,(H,16,17)(H,18,19)/t10-/m1/s1. The van der Waals surface area contributed by atoms with Gasteiger partial charge in [0.25, 0.3) is 0 Å². The zero-order valence-corrected chi connectivity index (χ0v) is 11.2. The van der Waals surface area contributed by atoms with Crippen molar-refractivity contribution in [3.8, 4) is 0 Å². The molecule has 1 aromatic rings. The molecule has 110 valence electrons. The van der Waals surface area contributed by atoms with Crippen molar-refractivity contribution in [3.05, 3.63) is 29.8 Å². The van der Waals surface area contributed by atoms with Gasteiger partial charge in [0.15, 0.2) is 0 Å². The van der Waals surface area contributed by atoms with E-state index < -0.39 is 23.4 Å². The van der Waals surface area contributed by atoms with Crippen LogP contribution in [0.2, 0.25) is 0 Å². The second-order valence-electron chi connectivity index (χ2n) is 3.97. The van der Waals surface area contributed by atoms with E-state index in [0.29, 0.717) is 5.56 Å². The highest BCUT2D eigenvalue weighted by molar-refractivity contribution is 8.00. The van der Waals surface area contributed by atoms with Crippen molar-refractivity contribution in [1.82, 2.24) is 5.32 Å². The molecule has 20 heavy (non-hydrogen) atoms. The Kier molecular flexibility index (Phi) is 5.43. The fourth-order valence-corrected chi connectivity index (χ4v) is 2.11. The third kappa shape index (κ3) is 5.96. The van der Waals surface area contributed by atoms with Gasteiger partial charge in [0.1, 0.15) is 0 Å². The van der Waals surface area contributed by atoms with Gasteiger partial charge in [-0.25, -0.2) is 0 Å². The SMILES string of the molecule is CC(=O)N[C@H](CC(=O)O)c1ccc(SC(F)(F)F)cc1. The van der Waals surface area contributed by atoms with Gasteiger partial charge in [-0.05, 0) is 29.5 Å². The number of carbonyl (C=O) groups excluding carboxylic acids is 1. The number of halogens is 3. The van der Waals surface area contributed by atoms with Crippen LogP contribution < -0.4 is 5.32 Å². The summed E-state index contributed by atoms with van der Waals surface area (Å²) in [6.07, 6.45) is -0.342. The number of carboxylic acid groups (broad SMARTS) is 1. The van der Waals surface area contributed by atoms with Crippen LogP contribution in [0.25, 0.3) is 0 Å². The first kappa shape index (κ1) is 16.4. The number of benzene rings is 1. The van der Waals surface area contributed by atoms with Crippen LogP contribution in [0, 0.1) is 0 Å². The van der Waals surface area contributed by atoms with Crippen LogP contribution in [0.1, 0.15) is 24.9 Å². The fraction of sp³-hybridized carbons (Fsp3) is 0.333. The fourth-order valence-electron chi connectivity index (χ4n) is 1.57. The molecule has 0 aliphatic heterocycles. The average molecular weight is 307 g/mol. The molecule has 0 unspecified atom stereocenters. The second-order valence-corrected chi connectivity index (χ2v) is 5.11. The molecule has 2 N–H and O–H groups in total. The lowest BCUT2D eigenvalue weighted by atomic mass is 10.0. The molecule has 0 heterocycles. The van der Waals surface area contributed by atoms with Gasteiger partial charge in [-0.2, -0.15) is 13.2 Å². The third-order valence-corrected chi connectivity index (χ3v) is 3.01. The maximum atomic E-state index is 12.2. The largest absolute Gasteiger partial charge is 0.481 e. The van der Waals surface area contributed by atoms with E-state index in [1.54, 1.807) is 0 Å². The van der Waals surface area contributed by atoms with Crippen LogP contribution in [0.3, 0.4) is 0 Å². The number of hydrogen-bond donors (Lipinski definition) is 2. The molecule has 0 aromatic heterocycles. The van der Waals surface area contributed by atoms with E-state index in [2.05, 4.69) is 5.32 Å². The number of hydrogen-bond acceptors (Lipinski definition) is 3. The summed E-state index contributed by atoms with van der Waals surface area (Å²) in [7, 11) is 0. The minimum absolute atomic E-state index is 0.00171. The van der Waals surface area contributed by atoms with Crippen LogP contribution >= 0.6 is 11.8 Å². The summed E-state index contributed by atoms with van der Waals surface area (Å²) in [4.78, 5) is 21.7. The molecule has 0 bridgehead atoms. The van der Waals surface area contributed by atoms with Crippen LogP contribution in [-0.2, 0) is 9.59 Å². The van der Waals surface area contributed by atoms with Gasteiger partial charge < -0.3 is 10.4 Å². The predicted molar refractivity (Wildman–Crippen MR) is 67.2 cm³/mol. The molecule has 1 aromatic carbocycles. The van der Waals surface area contributed by atoms with Crippen LogP contribution in [0.5, 0.6) is 0 Å². The first-order chi connectivity index (χ1) is 9.17. The molecule has 0 saturated heterocycles. The van der Waals surface area contributed by atoms with Crippen LogP contribution in [0.4, 0.5) is 13.2 Å². The molecule has 1 amide bonds. The van der Waals surface area contributed by atoms with E-state index in [9.17, 15) is 22.8 Å². The van der Waals surface area contributed by atoms with Gasteiger partial charge in [-0.15, -0.1) is 0 Å². The first-order valence-corrected chi connectivity index (χ1v) is 6.33. The van der Waals surface area contributed by atoms with Crippen molar-refractivity contribution in [3.63, 3.8) is 0 Å². The number of carbonyl (C=O) groups is 2. The lowest BCUT2D eigenvalue weighted by Gasteiger charge is -2.16. The summed E-state index contributed by atoms with van der Waals surface area (Å²) >= 11 is -0.255. The highest BCUT2D eigenvalue weighted by Gasteiger charge is 2.29. The number of carboxylic acids is 1. The highest BCUT2D eigenvalue weighted by Crippen LogP contribution is 2.37. The molecule has 0 fully saturated rings. The molecule has 1 atom stereocenters. The summed E-state index contributed by atoms with van der Waals surface area (Å²) in [5, 5.41) is 11.2. The summed E-state index contributed by atoms with van der Waals surface area (Å²) in [5.41, 5.74) is -3.94. The predicted octanol–water partition coefficient (Wildman–Crippen LogP) is 2.95. The van der Waals surface area contributed by atoms with Crippen LogP contribution in [0.15, 0.2) is 29.2 Å². The van der Waals surface area contributed by atoms with Crippen LogP contribution in [-0.4, -0.2) is 22.5 Å². The molecule has 4 nitrogen and oxygen atoms in total.